The van der Waals surface area contributed by atoms with E-state index in [-0.39, 0.29) is 6.10 Å². The predicted octanol–water partition coefficient (Wildman–Crippen LogP) is 5.04. The van der Waals surface area contributed by atoms with Gasteiger partial charge in [-0.2, -0.15) is 4.98 Å². The van der Waals surface area contributed by atoms with Crippen LogP contribution in [0.2, 0.25) is 5.02 Å². The zero-order chi connectivity index (χ0) is 24.4. The summed E-state index contributed by atoms with van der Waals surface area (Å²) in [5.74, 6) is 2.45. The van der Waals surface area contributed by atoms with Crippen LogP contribution in [0.25, 0.3) is 11.0 Å². The molecule has 2 N–H and O–H groups in total. The number of nitrogens with zero attached hydrogens (tertiary/aromatic N) is 5. The monoisotopic (exact) mass is 491 g/mol. The summed E-state index contributed by atoms with van der Waals surface area (Å²) in [6.45, 7) is 0. The smallest absolute Gasteiger partial charge is 0.229 e. The normalized spacial score (nSPS) is 17.2. The Bertz CT molecular complexity index is 1340. The highest BCUT2D eigenvalue weighted by Crippen LogP contribution is 2.36. The Kier molecular flexibility index (Phi) is 6.52. The average Bonchev–Trinajstić information content (AvgIpc) is 2.81. The molecule has 3 aromatic heterocycles. The molecule has 0 saturated heterocycles. The van der Waals surface area contributed by atoms with Crippen LogP contribution >= 0.6 is 11.6 Å². The molecular formula is C25H26ClN7O2. The number of hydrogen-bond acceptors (Lipinski definition) is 9. The molecule has 4 aromatic rings. The third kappa shape index (κ3) is 5.36. The molecule has 1 aromatic carbocycles. The molecular weight excluding hydrogens is 466 g/mol. The van der Waals surface area contributed by atoms with E-state index in [0.29, 0.717) is 34.2 Å². The van der Waals surface area contributed by atoms with Crippen LogP contribution in [0.3, 0.4) is 0 Å². The number of nitrogens with one attached hydrogen (secondary N) is 2. The summed E-state index contributed by atoms with van der Waals surface area (Å²) in [6.07, 6.45) is 7.19. The van der Waals surface area contributed by atoms with Crippen molar-refractivity contribution in [3.05, 3.63) is 60.0 Å². The first-order valence-corrected chi connectivity index (χ1v) is 11.6. The number of aromatic nitrogens is 4. The quantitative estimate of drug-likeness (QED) is 0.351. The van der Waals surface area contributed by atoms with Crippen LogP contribution in [-0.2, 0) is 0 Å². The van der Waals surface area contributed by atoms with Crippen molar-refractivity contribution in [2.24, 2.45) is 0 Å². The summed E-state index contributed by atoms with van der Waals surface area (Å²) >= 11 is 6.05. The topological polar surface area (TPSA) is 97.3 Å². The molecule has 1 aliphatic rings. The minimum atomic E-state index is 0.206. The molecule has 0 atom stereocenters. The van der Waals surface area contributed by atoms with Gasteiger partial charge in [-0.1, -0.05) is 11.6 Å². The standard InChI is InChI=1S/C25H26ClN7O2/c1-33(2)19-11-20(12-19)35-21-5-4-17(10-22(21)34-3)31-25-27-7-6-23(32-25)30-18-9-15-8-16(26)13-28-24(15)29-14-18/h4-10,13-14,19-20H,11-12H2,1-3H3,(H2,27,30,31,32). The first-order chi connectivity index (χ1) is 17.0. The van der Waals surface area contributed by atoms with Gasteiger partial charge >= 0.3 is 0 Å². The number of pyridine rings is 2. The SMILES string of the molecule is COc1cc(Nc2nccc(Nc3cnc4ncc(Cl)cc4c3)n2)ccc1OC1CC(N(C)C)C1. The van der Waals surface area contributed by atoms with Crippen LogP contribution in [0.15, 0.2) is 55.0 Å². The number of anilines is 4. The maximum absolute atomic E-state index is 6.14. The molecule has 10 heteroatoms. The van der Waals surface area contributed by atoms with Gasteiger partial charge in [0.1, 0.15) is 11.9 Å². The molecule has 5 rings (SSSR count). The summed E-state index contributed by atoms with van der Waals surface area (Å²) in [5, 5.41) is 7.87. The second-order valence-electron chi connectivity index (χ2n) is 8.63. The summed E-state index contributed by atoms with van der Waals surface area (Å²) in [7, 11) is 5.83. The second-order valence-corrected chi connectivity index (χ2v) is 9.07. The minimum absolute atomic E-state index is 0.206. The van der Waals surface area contributed by atoms with Gasteiger partial charge in [-0.25, -0.2) is 15.0 Å². The summed E-state index contributed by atoms with van der Waals surface area (Å²) in [6, 6.07) is 11.8. The average molecular weight is 492 g/mol. The molecule has 1 saturated carbocycles. The highest BCUT2D eigenvalue weighted by atomic mass is 35.5. The fourth-order valence-corrected chi connectivity index (χ4v) is 4.08. The minimum Gasteiger partial charge on any atom is -0.493 e. The number of benzene rings is 1. The molecule has 35 heavy (non-hydrogen) atoms. The highest BCUT2D eigenvalue weighted by molar-refractivity contribution is 6.31. The molecule has 1 fully saturated rings. The Labute approximate surface area is 208 Å². The van der Waals surface area contributed by atoms with Gasteiger partial charge in [-0.15, -0.1) is 0 Å². The largest absolute Gasteiger partial charge is 0.493 e. The molecule has 0 unspecified atom stereocenters. The Morgan fingerprint density at radius 1 is 0.943 bits per heavy atom. The van der Waals surface area contributed by atoms with Crippen LogP contribution < -0.4 is 20.1 Å². The first-order valence-electron chi connectivity index (χ1n) is 11.3. The van der Waals surface area contributed by atoms with E-state index in [1.807, 2.05) is 30.3 Å². The number of halogens is 1. The third-order valence-corrected chi connectivity index (χ3v) is 6.15. The second kappa shape index (κ2) is 9.89. The predicted molar refractivity (Wildman–Crippen MR) is 137 cm³/mol. The van der Waals surface area contributed by atoms with Crippen molar-refractivity contribution in [1.82, 2.24) is 24.8 Å². The number of rotatable bonds is 8. The van der Waals surface area contributed by atoms with Gasteiger partial charge in [-0.3, -0.25) is 0 Å². The van der Waals surface area contributed by atoms with E-state index in [1.54, 1.807) is 31.8 Å². The Morgan fingerprint density at radius 3 is 2.57 bits per heavy atom. The number of hydrogen-bond donors (Lipinski definition) is 2. The van der Waals surface area contributed by atoms with Crippen LogP contribution in [-0.4, -0.2) is 58.2 Å². The van der Waals surface area contributed by atoms with Crippen LogP contribution in [0.1, 0.15) is 12.8 Å². The van der Waals surface area contributed by atoms with E-state index in [1.165, 1.54) is 0 Å². The van der Waals surface area contributed by atoms with Gasteiger partial charge in [0.15, 0.2) is 17.1 Å². The number of ether oxygens (including phenoxy) is 2. The molecule has 0 bridgehead atoms. The Hall–Kier alpha value is -3.69. The first kappa shape index (κ1) is 23.1. The fraction of sp³-hybridized carbons (Fsp3) is 0.280. The van der Waals surface area contributed by atoms with Gasteiger partial charge in [-0.05, 0) is 57.3 Å². The van der Waals surface area contributed by atoms with Gasteiger partial charge < -0.3 is 25.0 Å². The van der Waals surface area contributed by atoms with Crippen LogP contribution in [0.5, 0.6) is 11.5 Å². The van der Waals surface area contributed by atoms with Gasteiger partial charge in [0.05, 0.1) is 24.0 Å². The van der Waals surface area contributed by atoms with Crippen molar-refractivity contribution in [2.75, 3.05) is 31.8 Å². The van der Waals surface area contributed by atoms with Crippen molar-refractivity contribution < 1.29 is 9.47 Å². The van der Waals surface area contributed by atoms with E-state index in [0.717, 1.165) is 35.4 Å². The lowest BCUT2D eigenvalue weighted by atomic mass is 9.88. The molecule has 0 amide bonds. The summed E-state index contributed by atoms with van der Waals surface area (Å²) < 4.78 is 11.7. The van der Waals surface area contributed by atoms with Crippen LogP contribution in [0.4, 0.5) is 23.1 Å². The highest BCUT2D eigenvalue weighted by Gasteiger charge is 2.32. The van der Waals surface area contributed by atoms with E-state index in [4.69, 9.17) is 21.1 Å². The number of methoxy groups -OCH3 is 1. The molecule has 9 nitrogen and oxygen atoms in total. The molecule has 1 aliphatic carbocycles. The van der Waals surface area contributed by atoms with Crippen molar-refractivity contribution in [3.8, 4) is 11.5 Å². The van der Waals surface area contributed by atoms with Gasteiger partial charge in [0, 0.05) is 35.6 Å². The lowest BCUT2D eigenvalue weighted by molar-refractivity contribution is 0.0383. The molecule has 0 radical (unpaired) electrons. The van der Waals surface area contributed by atoms with Crippen molar-refractivity contribution >= 4 is 45.8 Å². The van der Waals surface area contributed by atoms with Crippen molar-refractivity contribution in [1.29, 1.82) is 0 Å². The zero-order valence-corrected chi connectivity index (χ0v) is 20.5. The Balaban J connectivity index is 1.27. The zero-order valence-electron chi connectivity index (χ0n) is 19.7. The molecule has 0 aliphatic heterocycles. The Morgan fingerprint density at radius 2 is 1.77 bits per heavy atom. The van der Waals surface area contributed by atoms with Crippen LogP contribution in [0, 0.1) is 0 Å². The maximum atomic E-state index is 6.14. The number of fused-ring (bicyclic) bond motifs is 1. The van der Waals surface area contributed by atoms with E-state index in [2.05, 4.69) is 49.6 Å². The van der Waals surface area contributed by atoms with Gasteiger partial charge in [0.25, 0.3) is 0 Å². The molecule has 3 heterocycles. The lowest BCUT2D eigenvalue weighted by Gasteiger charge is -2.39. The fourth-order valence-electron chi connectivity index (χ4n) is 3.91. The molecule has 0 spiro atoms. The van der Waals surface area contributed by atoms with E-state index < -0.39 is 0 Å². The van der Waals surface area contributed by atoms with Crippen molar-refractivity contribution in [2.45, 2.75) is 25.0 Å². The maximum Gasteiger partial charge on any atom is 0.229 e. The lowest BCUT2D eigenvalue weighted by Crippen LogP contribution is -2.46. The van der Waals surface area contributed by atoms with E-state index >= 15 is 0 Å². The third-order valence-electron chi connectivity index (χ3n) is 5.94. The van der Waals surface area contributed by atoms with E-state index in [9.17, 15) is 0 Å². The van der Waals surface area contributed by atoms with Crippen molar-refractivity contribution in [3.63, 3.8) is 0 Å². The summed E-state index contributed by atoms with van der Waals surface area (Å²) in [4.78, 5) is 19.7. The molecule has 180 valence electrons. The van der Waals surface area contributed by atoms with Gasteiger partial charge in [0.2, 0.25) is 5.95 Å². The summed E-state index contributed by atoms with van der Waals surface area (Å²) in [5.41, 5.74) is 2.18.